The van der Waals surface area contributed by atoms with Crippen LogP contribution in [0.15, 0.2) is 84.9 Å². The van der Waals surface area contributed by atoms with Crippen LogP contribution in [0.2, 0.25) is 0 Å². The Kier molecular flexibility index (Phi) is 5.74. The molecule has 0 aliphatic carbocycles. The zero-order valence-corrected chi connectivity index (χ0v) is 19.0. The summed E-state index contributed by atoms with van der Waals surface area (Å²) in [6.45, 7) is 0.899. The Labute approximate surface area is 197 Å². The van der Waals surface area contributed by atoms with Crippen molar-refractivity contribution in [2.24, 2.45) is 0 Å². The lowest BCUT2D eigenvalue weighted by Gasteiger charge is -2.29. The number of ether oxygens (including phenoxy) is 2. The third kappa shape index (κ3) is 4.00. The molecule has 6 heteroatoms. The minimum atomic E-state index is -0.313. The minimum absolute atomic E-state index is 0.313. The number of para-hydroxylation sites is 2. The number of nitrogens with zero attached hydrogens (tertiary/aromatic N) is 2. The summed E-state index contributed by atoms with van der Waals surface area (Å²) in [5.74, 6) is 1.70. The first kappa shape index (κ1) is 21.7. The van der Waals surface area contributed by atoms with E-state index in [1.165, 1.54) is 4.90 Å². The van der Waals surface area contributed by atoms with Crippen molar-refractivity contribution in [3.63, 3.8) is 0 Å². The number of carbonyl (C=O) groups is 2. The van der Waals surface area contributed by atoms with E-state index in [0.717, 1.165) is 0 Å². The number of amides is 2. The molecule has 0 fully saturated rings. The number of rotatable bonds is 7. The van der Waals surface area contributed by atoms with Crippen LogP contribution in [0.3, 0.4) is 0 Å². The second-order valence-corrected chi connectivity index (χ2v) is 8.37. The highest BCUT2D eigenvalue weighted by atomic mass is 16.5. The molecule has 1 aliphatic heterocycles. The quantitative estimate of drug-likeness (QED) is 0.343. The van der Waals surface area contributed by atoms with Crippen molar-refractivity contribution in [3.8, 4) is 23.0 Å². The molecule has 0 radical (unpaired) electrons. The fraction of sp³-hybridized carbons (Fsp3) is 0.143. The Balaban J connectivity index is 1.68. The Morgan fingerprint density at radius 1 is 0.647 bits per heavy atom. The molecule has 0 unspecified atom stereocenters. The number of likely N-dealkylation sites (N-methyl/N-ethyl adjacent to an activating group) is 1. The Bertz CT molecular complexity index is 1270. The van der Waals surface area contributed by atoms with Crippen LogP contribution in [0.4, 0.5) is 0 Å². The second-order valence-electron chi connectivity index (χ2n) is 8.37. The lowest BCUT2D eigenvalue weighted by molar-refractivity contribution is 0.0601. The average molecular weight is 453 g/mol. The normalized spacial score (nSPS) is 13.0. The fourth-order valence-corrected chi connectivity index (χ4v) is 4.08. The maximum absolute atomic E-state index is 13.4. The molecule has 170 valence electrons. The lowest BCUT2D eigenvalue weighted by atomic mass is 9.92. The largest absolute Gasteiger partial charge is 0.457 e. The molecule has 1 heterocycles. The van der Waals surface area contributed by atoms with Crippen molar-refractivity contribution in [1.29, 1.82) is 0 Å². The van der Waals surface area contributed by atoms with E-state index in [9.17, 15) is 9.59 Å². The van der Waals surface area contributed by atoms with E-state index in [2.05, 4.69) is 0 Å². The number of carbonyl (C=O) groups excluding carboxylic acids is 2. The first-order valence-electron chi connectivity index (χ1n) is 11.1. The van der Waals surface area contributed by atoms with Crippen molar-refractivity contribution in [1.82, 2.24) is 9.80 Å². The Morgan fingerprint density at radius 3 is 1.56 bits per heavy atom. The smallest absolute Gasteiger partial charge is 0.261 e. The molecule has 0 saturated heterocycles. The summed E-state index contributed by atoms with van der Waals surface area (Å²) in [6.07, 6.45) is 0. The van der Waals surface area contributed by atoms with Gasteiger partial charge in [-0.2, -0.15) is 0 Å². The number of imide groups is 1. The zero-order chi connectivity index (χ0) is 23.7. The molecule has 0 atom stereocenters. The third-order valence-electron chi connectivity index (χ3n) is 5.75. The summed E-state index contributed by atoms with van der Waals surface area (Å²) >= 11 is 0. The van der Waals surface area contributed by atoms with Crippen molar-refractivity contribution in [2.75, 3.05) is 27.2 Å². The number of benzene rings is 4. The summed E-state index contributed by atoms with van der Waals surface area (Å²) < 4.78 is 12.4. The van der Waals surface area contributed by atoms with Crippen molar-refractivity contribution >= 4 is 22.6 Å². The van der Waals surface area contributed by atoms with Gasteiger partial charge in [-0.1, -0.05) is 36.4 Å². The van der Waals surface area contributed by atoms with Crippen LogP contribution in [-0.2, 0) is 0 Å². The van der Waals surface area contributed by atoms with Gasteiger partial charge in [0.15, 0.2) is 0 Å². The monoisotopic (exact) mass is 452 g/mol. The van der Waals surface area contributed by atoms with Crippen LogP contribution >= 0.6 is 0 Å². The molecule has 0 N–H and O–H groups in total. The average Bonchev–Trinajstić information content (AvgIpc) is 2.84. The second kappa shape index (κ2) is 9.00. The van der Waals surface area contributed by atoms with Crippen molar-refractivity contribution < 1.29 is 19.1 Å². The highest BCUT2D eigenvalue weighted by molar-refractivity contribution is 6.27. The molecule has 0 aromatic heterocycles. The van der Waals surface area contributed by atoms with Gasteiger partial charge in [-0.15, -0.1) is 0 Å². The fourth-order valence-electron chi connectivity index (χ4n) is 4.08. The maximum atomic E-state index is 13.4. The first-order valence-corrected chi connectivity index (χ1v) is 11.1. The lowest BCUT2D eigenvalue weighted by Crippen LogP contribution is -2.43. The van der Waals surface area contributed by atoms with E-state index < -0.39 is 0 Å². The topological polar surface area (TPSA) is 59.1 Å². The molecule has 0 bridgehead atoms. The number of hydrogen-bond donors (Lipinski definition) is 0. The molecule has 0 saturated carbocycles. The zero-order valence-electron chi connectivity index (χ0n) is 19.0. The Morgan fingerprint density at radius 2 is 1.12 bits per heavy atom. The van der Waals surface area contributed by atoms with E-state index >= 15 is 0 Å². The molecule has 0 spiro atoms. The van der Waals surface area contributed by atoms with Gasteiger partial charge in [0.2, 0.25) is 0 Å². The van der Waals surface area contributed by atoms with Crippen LogP contribution in [-0.4, -0.2) is 48.8 Å². The summed E-state index contributed by atoms with van der Waals surface area (Å²) in [7, 11) is 3.82. The van der Waals surface area contributed by atoms with Gasteiger partial charge < -0.3 is 14.4 Å². The van der Waals surface area contributed by atoms with Crippen LogP contribution < -0.4 is 9.47 Å². The predicted octanol–water partition coefficient (Wildman–Crippen LogP) is 5.58. The molecule has 2 amide bonds. The van der Waals surface area contributed by atoms with E-state index in [-0.39, 0.29) is 11.8 Å². The van der Waals surface area contributed by atoms with Gasteiger partial charge in [-0.05, 0) is 62.6 Å². The number of hydrogen-bond acceptors (Lipinski definition) is 5. The molecule has 6 nitrogen and oxygen atoms in total. The standard InChI is InChI=1S/C28H24N2O4/c1-29(2)17-18-30-27(31)21-13-15-23(33-19-9-5-3-6-10-19)26-24(34-20-11-7-4-8-12-20)16-14-22(25(21)26)28(30)32/h3-16H,17-18H2,1-2H3. The van der Waals surface area contributed by atoms with Gasteiger partial charge in [-0.25, -0.2) is 0 Å². The third-order valence-corrected chi connectivity index (χ3v) is 5.75. The Hall–Kier alpha value is -4.16. The molecule has 5 rings (SSSR count). The van der Waals surface area contributed by atoms with E-state index in [1.807, 2.05) is 79.7 Å². The van der Waals surface area contributed by atoms with Gasteiger partial charge in [-0.3, -0.25) is 14.5 Å². The highest BCUT2D eigenvalue weighted by Gasteiger charge is 2.34. The summed E-state index contributed by atoms with van der Waals surface area (Å²) in [4.78, 5) is 30.0. The van der Waals surface area contributed by atoms with Gasteiger partial charge >= 0.3 is 0 Å². The molecule has 4 aromatic rings. The summed E-state index contributed by atoms with van der Waals surface area (Å²) in [6, 6.07) is 25.8. The molecule has 4 aromatic carbocycles. The van der Waals surface area contributed by atoms with Crippen LogP contribution in [0, 0.1) is 0 Å². The van der Waals surface area contributed by atoms with Crippen LogP contribution in [0.25, 0.3) is 10.8 Å². The van der Waals surface area contributed by atoms with Crippen molar-refractivity contribution in [3.05, 3.63) is 96.1 Å². The SMILES string of the molecule is CN(C)CCN1C(=O)c2ccc(Oc3ccccc3)c3c(Oc4ccccc4)ccc(c23)C1=O. The van der Waals surface area contributed by atoms with Crippen LogP contribution in [0.1, 0.15) is 20.7 Å². The van der Waals surface area contributed by atoms with Crippen molar-refractivity contribution in [2.45, 2.75) is 0 Å². The van der Waals surface area contributed by atoms with E-state index in [4.69, 9.17) is 9.47 Å². The van der Waals surface area contributed by atoms with Gasteiger partial charge in [0.25, 0.3) is 11.8 Å². The van der Waals surface area contributed by atoms with Gasteiger partial charge in [0.05, 0.1) is 5.39 Å². The molecule has 1 aliphatic rings. The van der Waals surface area contributed by atoms with E-state index in [1.54, 1.807) is 24.3 Å². The predicted molar refractivity (Wildman–Crippen MR) is 131 cm³/mol. The molecular formula is C28H24N2O4. The van der Waals surface area contributed by atoms with Crippen LogP contribution in [0.5, 0.6) is 23.0 Å². The first-order chi connectivity index (χ1) is 16.5. The molecule has 34 heavy (non-hydrogen) atoms. The minimum Gasteiger partial charge on any atom is -0.457 e. The maximum Gasteiger partial charge on any atom is 0.261 e. The highest BCUT2D eigenvalue weighted by Crippen LogP contribution is 2.43. The summed E-state index contributed by atoms with van der Waals surface area (Å²) in [5, 5.41) is 1.15. The summed E-state index contributed by atoms with van der Waals surface area (Å²) in [5.41, 5.74) is 0.921. The van der Waals surface area contributed by atoms with Gasteiger partial charge in [0, 0.05) is 29.6 Å². The van der Waals surface area contributed by atoms with E-state index in [0.29, 0.717) is 58.0 Å². The molecular weight excluding hydrogens is 428 g/mol. The van der Waals surface area contributed by atoms with Gasteiger partial charge in [0.1, 0.15) is 23.0 Å².